The van der Waals surface area contributed by atoms with Crippen LogP contribution in [0.3, 0.4) is 0 Å². The van der Waals surface area contributed by atoms with E-state index in [0.29, 0.717) is 43.5 Å². The van der Waals surface area contributed by atoms with Crippen LogP contribution in [-0.2, 0) is 30.1 Å². The number of nitrogens with two attached hydrogens (primary N) is 1. The van der Waals surface area contributed by atoms with Gasteiger partial charge in [-0.05, 0) is 39.0 Å². The highest BCUT2D eigenvalue weighted by Gasteiger charge is 2.47. The number of hydrogen-bond donors (Lipinski definition) is 2. The molecule has 2 aliphatic rings. The van der Waals surface area contributed by atoms with Crippen LogP contribution in [0.2, 0.25) is 0 Å². The van der Waals surface area contributed by atoms with Gasteiger partial charge in [0.15, 0.2) is 11.5 Å². The molecule has 1 unspecified atom stereocenters. The first-order chi connectivity index (χ1) is 16.8. The molecule has 3 rings (SSSR count). The highest BCUT2D eigenvalue weighted by atomic mass is 31.2. The molecule has 0 radical (unpaired) electrons. The quantitative estimate of drug-likeness (QED) is 0.142. The zero-order chi connectivity index (χ0) is 25.4. The predicted octanol–water partition coefficient (Wildman–Crippen LogP) is 2.54. The van der Waals surface area contributed by atoms with Crippen LogP contribution in [0.15, 0.2) is 11.3 Å². The van der Waals surface area contributed by atoms with Gasteiger partial charge in [-0.15, -0.1) is 0 Å². The van der Waals surface area contributed by atoms with E-state index in [2.05, 4.69) is 9.98 Å². The van der Waals surface area contributed by atoms with Crippen molar-refractivity contribution in [3.63, 3.8) is 0 Å². The van der Waals surface area contributed by atoms with Crippen molar-refractivity contribution in [3.05, 3.63) is 12.0 Å². The minimum Gasteiger partial charge on any atom is -0.476 e. The average molecular weight is 512 g/mol. The van der Waals surface area contributed by atoms with E-state index >= 15 is 0 Å². The SMILES string of the molecule is CCCOC(=N)c1ncn(CCOCP(=O)(N2CCCC2)N2CCC[C@H]2C(=O)OC)c1/N=C(\C)N. The van der Waals surface area contributed by atoms with Crippen molar-refractivity contribution in [1.29, 1.82) is 5.41 Å². The lowest BCUT2D eigenvalue weighted by atomic mass is 10.2. The molecular weight excluding hydrogens is 473 g/mol. The van der Waals surface area contributed by atoms with Crippen molar-refractivity contribution in [2.75, 3.05) is 46.3 Å². The smallest absolute Gasteiger partial charge is 0.323 e. The maximum Gasteiger partial charge on any atom is 0.323 e. The number of carbonyl (C=O) groups is 1. The zero-order valence-electron chi connectivity index (χ0n) is 20.9. The molecule has 0 saturated carbocycles. The summed E-state index contributed by atoms with van der Waals surface area (Å²) in [6.45, 7) is 6.69. The molecule has 196 valence electrons. The van der Waals surface area contributed by atoms with E-state index in [4.69, 9.17) is 25.4 Å². The van der Waals surface area contributed by atoms with Gasteiger partial charge in [0.1, 0.15) is 12.4 Å². The number of nitrogens with zero attached hydrogens (tertiary/aromatic N) is 5. The van der Waals surface area contributed by atoms with Gasteiger partial charge >= 0.3 is 5.97 Å². The van der Waals surface area contributed by atoms with Crippen LogP contribution >= 0.6 is 7.44 Å². The van der Waals surface area contributed by atoms with Crippen molar-refractivity contribution in [3.8, 4) is 0 Å². The summed E-state index contributed by atoms with van der Waals surface area (Å²) in [5, 5.41) is 8.16. The van der Waals surface area contributed by atoms with E-state index in [1.54, 1.807) is 17.8 Å². The Kier molecular flexibility index (Phi) is 9.85. The third kappa shape index (κ3) is 6.49. The van der Waals surface area contributed by atoms with Crippen LogP contribution in [0, 0.1) is 5.41 Å². The molecule has 2 saturated heterocycles. The van der Waals surface area contributed by atoms with Crippen molar-refractivity contribution in [2.45, 2.75) is 58.5 Å². The number of rotatable bonds is 12. The molecule has 3 heterocycles. The van der Waals surface area contributed by atoms with E-state index in [1.165, 1.54) is 7.11 Å². The van der Waals surface area contributed by atoms with Gasteiger partial charge in [0.25, 0.3) is 0 Å². The molecular formula is C22H38N7O5P. The first-order valence-corrected chi connectivity index (χ1v) is 14.0. The fourth-order valence-corrected chi connectivity index (χ4v) is 7.45. The largest absolute Gasteiger partial charge is 0.476 e. The third-order valence-corrected chi connectivity index (χ3v) is 9.20. The van der Waals surface area contributed by atoms with Gasteiger partial charge < -0.3 is 24.5 Å². The summed E-state index contributed by atoms with van der Waals surface area (Å²) in [7, 11) is -1.73. The van der Waals surface area contributed by atoms with Crippen molar-refractivity contribution >= 4 is 31.0 Å². The first-order valence-electron chi connectivity index (χ1n) is 12.2. The lowest BCUT2D eigenvalue weighted by Crippen LogP contribution is -2.40. The van der Waals surface area contributed by atoms with Crippen molar-refractivity contribution in [1.82, 2.24) is 18.9 Å². The number of imidazole rings is 1. The van der Waals surface area contributed by atoms with Gasteiger partial charge in [0.05, 0.1) is 32.5 Å². The molecule has 3 N–H and O–H groups in total. The molecule has 2 fully saturated rings. The molecule has 1 aromatic rings. The molecule has 0 spiro atoms. The number of hydrogen-bond acceptors (Lipinski definition) is 8. The monoisotopic (exact) mass is 511 g/mol. The number of carbonyl (C=O) groups excluding carboxylic acids is 1. The van der Waals surface area contributed by atoms with Crippen molar-refractivity contribution in [2.24, 2.45) is 10.7 Å². The fraction of sp³-hybridized carbons (Fsp3) is 0.727. The second-order valence-corrected chi connectivity index (χ2v) is 11.4. The fourth-order valence-electron chi connectivity index (χ4n) is 4.44. The summed E-state index contributed by atoms with van der Waals surface area (Å²) in [6, 6.07) is -0.506. The van der Waals surface area contributed by atoms with Crippen molar-refractivity contribution < 1.29 is 23.6 Å². The number of aliphatic imine (C=N–C) groups is 1. The van der Waals surface area contributed by atoms with Crippen LogP contribution in [-0.4, -0.2) is 88.9 Å². The number of aromatic nitrogens is 2. The van der Waals surface area contributed by atoms with E-state index in [1.807, 2.05) is 16.3 Å². The van der Waals surface area contributed by atoms with E-state index in [-0.39, 0.29) is 24.8 Å². The molecule has 0 aliphatic carbocycles. The normalized spacial score (nSPS) is 21.2. The average Bonchev–Trinajstić information content (AvgIpc) is 3.61. The summed E-state index contributed by atoms with van der Waals surface area (Å²) in [5.74, 6) is 0.342. The second-order valence-electron chi connectivity index (χ2n) is 8.75. The maximum atomic E-state index is 14.3. The molecule has 0 amide bonds. The Hall–Kier alpha value is -2.27. The Bertz CT molecular complexity index is 956. The molecule has 13 heteroatoms. The van der Waals surface area contributed by atoms with Crippen LogP contribution in [0.1, 0.15) is 51.6 Å². The summed E-state index contributed by atoms with van der Waals surface area (Å²) in [6.07, 6.45) is 5.74. The highest BCUT2D eigenvalue weighted by Crippen LogP contribution is 2.57. The summed E-state index contributed by atoms with van der Waals surface area (Å²) >= 11 is 0. The minimum absolute atomic E-state index is 0.0198. The van der Waals surface area contributed by atoms with Crippen LogP contribution in [0.25, 0.3) is 0 Å². The number of esters is 1. The van der Waals surface area contributed by atoms with Crippen LogP contribution < -0.4 is 5.73 Å². The van der Waals surface area contributed by atoms with E-state index in [0.717, 1.165) is 38.8 Å². The molecule has 0 aromatic carbocycles. The Morgan fingerprint density at radius 2 is 2.03 bits per heavy atom. The van der Waals surface area contributed by atoms with Gasteiger partial charge in [-0.2, -0.15) is 0 Å². The Morgan fingerprint density at radius 3 is 2.69 bits per heavy atom. The zero-order valence-corrected chi connectivity index (χ0v) is 21.8. The minimum atomic E-state index is -3.10. The molecule has 35 heavy (non-hydrogen) atoms. The predicted molar refractivity (Wildman–Crippen MR) is 133 cm³/mol. The molecule has 2 atom stereocenters. The first kappa shape index (κ1) is 27.3. The molecule has 2 aliphatic heterocycles. The topological polar surface area (TPSA) is 148 Å². The van der Waals surface area contributed by atoms with Crippen LogP contribution in [0.5, 0.6) is 0 Å². The number of nitrogens with one attached hydrogen (secondary N) is 1. The number of ether oxygens (including phenoxy) is 3. The highest BCUT2D eigenvalue weighted by molar-refractivity contribution is 7.59. The molecule has 0 bridgehead atoms. The maximum absolute atomic E-state index is 14.3. The summed E-state index contributed by atoms with van der Waals surface area (Å²) in [5.41, 5.74) is 6.11. The van der Waals surface area contributed by atoms with Crippen LogP contribution in [0.4, 0.5) is 5.82 Å². The number of methoxy groups -OCH3 is 1. The Balaban J connectivity index is 1.70. The third-order valence-electron chi connectivity index (χ3n) is 6.12. The lowest BCUT2D eigenvalue weighted by molar-refractivity contribution is -0.144. The Labute approximate surface area is 206 Å². The molecule has 1 aromatic heterocycles. The second kappa shape index (κ2) is 12.6. The van der Waals surface area contributed by atoms with Gasteiger partial charge in [0.2, 0.25) is 13.3 Å². The number of amidine groups is 1. The van der Waals surface area contributed by atoms with Gasteiger partial charge in [-0.25, -0.2) is 19.3 Å². The summed E-state index contributed by atoms with van der Waals surface area (Å²) < 4.78 is 36.2. The van der Waals surface area contributed by atoms with Gasteiger partial charge in [0, 0.05) is 26.2 Å². The molecule has 12 nitrogen and oxygen atoms in total. The van der Waals surface area contributed by atoms with E-state index < -0.39 is 13.5 Å². The van der Waals surface area contributed by atoms with E-state index in [9.17, 15) is 9.36 Å². The van der Waals surface area contributed by atoms with Gasteiger partial charge in [-0.1, -0.05) is 6.92 Å². The standard InChI is InChI=1S/C22H38N7O5P/c1-4-13-34-20(24)19-21(26-17(2)23)27(15-25-19)12-14-33-16-35(31,28-9-5-6-10-28)29-11-7-8-18(29)22(30)32-3/h15,18,24H,4-14,16H2,1-3H3,(H2,23,26)/t18-,35?/m0/s1. The Morgan fingerprint density at radius 1 is 1.29 bits per heavy atom. The van der Waals surface area contributed by atoms with Gasteiger partial charge in [-0.3, -0.25) is 14.8 Å². The lowest BCUT2D eigenvalue weighted by Gasteiger charge is -2.37. The summed E-state index contributed by atoms with van der Waals surface area (Å²) in [4.78, 5) is 21.0.